The lowest BCUT2D eigenvalue weighted by atomic mass is 9.83. The summed E-state index contributed by atoms with van der Waals surface area (Å²) in [5.74, 6) is 0.803. The molecule has 1 aromatic rings. The Bertz CT molecular complexity index is 408. The van der Waals surface area contributed by atoms with Crippen molar-refractivity contribution >= 4 is 23.1 Å². The molecule has 98 valence electrons. The number of nitrogens with zero attached hydrogens (tertiary/aromatic N) is 1. The summed E-state index contributed by atoms with van der Waals surface area (Å²) in [4.78, 5) is 4.30. The maximum absolute atomic E-state index is 5.36. The molecule has 0 bridgehead atoms. The summed E-state index contributed by atoms with van der Waals surface area (Å²) in [7, 11) is 0. The second-order valence-electron chi connectivity index (χ2n) is 5.42. The van der Waals surface area contributed by atoms with Crippen molar-refractivity contribution in [1.29, 1.82) is 0 Å². The van der Waals surface area contributed by atoms with Crippen LogP contribution in [0.25, 0.3) is 0 Å². The van der Waals surface area contributed by atoms with E-state index in [1.165, 1.54) is 32.1 Å². The van der Waals surface area contributed by atoms with Crippen molar-refractivity contribution in [2.75, 3.05) is 5.32 Å². The van der Waals surface area contributed by atoms with E-state index >= 15 is 0 Å². The van der Waals surface area contributed by atoms with Crippen molar-refractivity contribution in [3.05, 3.63) is 23.9 Å². The molecule has 3 nitrogen and oxygen atoms in total. The van der Waals surface area contributed by atoms with Crippen LogP contribution >= 0.6 is 12.2 Å². The molecule has 2 N–H and O–H groups in total. The van der Waals surface area contributed by atoms with E-state index < -0.39 is 0 Å². The van der Waals surface area contributed by atoms with Gasteiger partial charge < -0.3 is 10.6 Å². The first kappa shape index (κ1) is 13.3. The number of rotatable bonds is 2. The molecule has 0 atom stereocenters. The van der Waals surface area contributed by atoms with Gasteiger partial charge in [-0.15, -0.1) is 0 Å². The number of hydrogen-bond donors (Lipinski definition) is 2. The average Bonchev–Trinajstić information content (AvgIpc) is 2.32. The predicted octanol–water partition coefficient (Wildman–Crippen LogP) is 3.40. The SMILES string of the molecule is Cc1ccc(NC(=S)NC2(C)CCCCC2)nc1. The minimum absolute atomic E-state index is 0.146. The fraction of sp³-hybridized carbons (Fsp3) is 0.571. The van der Waals surface area contributed by atoms with E-state index in [4.69, 9.17) is 12.2 Å². The van der Waals surface area contributed by atoms with E-state index in [0.29, 0.717) is 5.11 Å². The van der Waals surface area contributed by atoms with Crippen molar-refractivity contribution in [1.82, 2.24) is 10.3 Å². The Morgan fingerprint density at radius 1 is 1.28 bits per heavy atom. The van der Waals surface area contributed by atoms with E-state index in [1.54, 1.807) is 0 Å². The minimum Gasteiger partial charge on any atom is -0.357 e. The highest BCUT2D eigenvalue weighted by molar-refractivity contribution is 7.80. The van der Waals surface area contributed by atoms with Crippen LogP contribution in [0.3, 0.4) is 0 Å². The van der Waals surface area contributed by atoms with Gasteiger partial charge in [0.1, 0.15) is 5.82 Å². The first-order chi connectivity index (χ1) is 8.57. The van der Waals surface area contributed by atoms with Gasteiger partial charge in [-0.05, 0) is 50.5 Å². The number of nitrogens with one attached hydrogen (secondary N) is 2. The van der Waals surface area contributed by atoms with E-state index in [2.05, 4.69) is 22.5 Å². The Morgan fingerprint density at radius 3 is 2.61 bits per heavy atom. The van der Waals surface area contributed by atoms with Crippen LogP contribution in [0.1, 0.15) is 44.6 Å². The molecule has 1 aromatic heterocycles. The highest BCUT2D eigenvalue weighted by Gasteiger charge is 2.27. The van der Waals surface area contributed by atoms with E-state index in [1.807, 2.05) is 25.3 Å². The summed E-state index contributed by atoms with van der Waals surface area (Å²) >= 11 is 5.36. The summed E-state index contributed by atoms with van der Waals surface area (Å²) in [6.07, 6.45) is 8.14. The van der Waals surface area contributed by atoms with Gasteiger partial charge in [-0.3, -0.25) is 0 Å². The lowest BCUT2D eigenvalue weighted by molar-refractivity contribution is 0.292. The van der Waals surface area contributed by atoms with Crippen LogP contribution in [-0.2, 0) is 0 Å². The second-order valence-corrected chi connectivity index (χ2v) is 5.83. The van der Waals surface area contributed by atoms with Crippen LogP contribution in [0, 0.1) is 6.92 Å². The van der Waals surface area contributed by atoms with Gasteiger partial charge in [-0.1, -0.05) is 25.3 Å². The molecule has 1 saturated carbocycles. The molecular formula is C14H21N3S. The summed E-state index contributed by atoms with van der Waals surface area (Å²) in [6, 6.07) is 3.98. The first-order valence-electron chi connectivity index (χ1n) is 6.59. The monoisotopic (exact) mass is 263 g/mol. The van der Waals surface area contributed by atoms with Gasteiger partial charge in [0, 0.05) is 11.7 Å². The van der Waals surface area contributed by atoms with Gasteiger partial charge in [0.05, 0.1) is 0 Å². The van der Waals surface area contributed by atoms with Crippen LogP contribution in [0.15, 0.2) is 18.3 Å². The number of aryl methyl sites for hydroxylation is 1. The van der Waals surface area contributed by atoms with Gasteiger partial charge in [-0.2, -0.15) is 0 Å². The van der Waals surface area contributed by atoms with Gasteiger partial charge in [0.25, 0.3) is 0 Å². The topological polar surface area (TPSA) is 37.0 Å². The third kappa shape index (κ3) is 3.67. The molecule has 0 unspecified atom stereocenters. The van der Waals surface area contributed by atoms with Crippen LogP contribution in [-0.4, -0.2) is 15.6 Å². The Labute approximate surface area is 114 Å². The summed E-state index contributed by atoms with van der Waals surface area (Å²) in [5, 5.41) is 7.27. The molecule has 0 aliphatic heterocycles. The molecule has 1 aliphatic carbocycles. The zero-order valence-corrected chi connectivity index (χ0v) is 11.9. The van der Waals surface area contributed by atoms with Crippen LogP contribution in [0.2, 0.25) is 0 Å². The third-order valence-corrected chi connectivity index (χ3v) is 3.73. The summed E-state index contributed by atoms with van der Waals surface area (Å²) in [6.45, 7) is 4.28. The van der Waals surface area contributed by atoms with Gasteiger partial charge >= 0.3 is 0 Å². The number of thiocarbonyl (C=S) groups is 1. The van der Waals surface area contributed by atoms with Crippen molar-refractivity contribution in [3.63, 3.8) is 0 Å². The standard InChI is InChI=1S/C14H21N3S/c1-11-6-7-12(15-10-11)16-13(18)17-14(2)8-4-3-5-9-14/h6-7,10H,3-5,8-9H2,1-2H3,(H2,15,16,17,18). The van der Waals surface area contributed by atoms with Crippen molar-refractivity contribution in [2.24, 2.45) is 0 Å². The van der Waals surface area contributed by atoms with Crippen LogP contribution < -0.4 is 10.6 Å². The smallest absolute Gasteiger partial charge is 0.172 e. The number of aromatic nitrogens is 1. The highest BCUT2D eigenvalue weighted by atomic mass is 32.1. The van der Waals surface area contributed by atoms with Gasteiger partial charge in [-0.25, -0.2) is 4.98 Å². The normalized spacial score (nSPS) is 18.1. The highest BCUT2D eigenvalue weighted by Crippen LogP contribution is 2.27. The maximum Gasteiger partial charge on any atom is 0.172 e. The third-order valence-electron chi connectivity index (χ3n) is 3.53. The number of pyridine rings is 1. The van der Waals surface area contributed by atoms with Crippen molar-refractivity contribution in [2.45, 2.75) is 51.5 Å². The maximum atomic E-state index is 5.36. The van der Waals surface area contributed by atoms with Gasteiger partial charge in [0.15, 0.2) is 5.11 Å². The average molecular weight is 263 g/mol. The second kappa shape index (κ2) is 5.65. The first-order valence-corrected chi connectivity index (χ1v) is 7.00. The molecule has 1 fully saturated rings. The molecule has 1 aliphatic rings. The molecule has 4 heteroatoms. The van der Waals surface area contributed by atoms with Crippen molar-refractivity contribution in [3.8, 4) is 0 Å². The fourth-order valence-electron chi connectivity index (χ4n) is 2.42. The Morgan fingerprint density at radius 2 is 2.00 bits per heavy atom. The van der Waals surface area contributed by atoms with E-state index in [9.17, 15) is 0 Å². The largest absolute Gasteiger partial charge is 0.357 e. The van der Waals surface area contributed by atoms with Gasteiger partial charge in [0.2, 0.25) is 0 Å². The molecule has 0 radical (unpaired) electrons. The zero-order chi connectivity index (χ0) is 13.0. The molecular weight excluding hydrogens is 242 g/mol. The molecule has 0 aromatic carbocycles. The number of anilines is 1. The molecule has 1 heterocycles. The van der Waals surface area contributed by atoms with Crippen LogP contribution in [0.5, 0.6) is 0 Å². The molecule has 0 amide bonds. The van der Waals surface area contributed by atoms with E-state index in [-0.39, 0.29) is 5.54 Å². The Balaban J connectivity index is 1.90. The summed E-state index contributed by atoms with van der Waals surface area (Å²) in [5.41, 5.74) is 1.30. The lowest BCUT2D eigenvalue weighted by Gasteiger charge is -2.35. The minimum atomic E-state index is 0.146. The van der Waals surface area contributed by atoms with E-state index in [0.717, 1.165) is 11.4 Å². The summed E-state index contributed by atoms with van der Waals surface area (Å²) < 4.78 is 0. The quantitative estimate of drug-likeness (QED) is 0.802. The van der Waals surface area contributed by atoms with Crippen molar-refractivity contribution < 1.29 is 0 Å². The Hall–Kier alpha value is -1.16. The zero-order valence-electron chi connectivity index (χ0n) is 11.1. The predicted molar refractivity (Wildman–Crippen MR) is 79.8 cm³/mol. The number of hydrogen-bond acceptors (Lipinski definition) is 2. The molecule has 0 saturated heterocycles. The molecule has 0 spiro atoms. The van der Waals surface area contributed by atoms with Crippen LogP contribution in [0.4, 0.5) is 5.82 Å². The lowest BCUT2D eigenvalue weighted by Crippen LogP contribution is -2.48. The molecule has 2 rings (SSSR count). The fourth-order valence-corrected chi connectivity index (χ4v) is 2.77. The Kier molecular flexibility index (Phi) is 4.17. The molecule has 18 heavy (non-hydrogen) atoms.